The summed E-state index contributed by atoms with van der Waals surface area (Å²) in [5.74, 6) is 1.17. The summed E-state index contributed by atoms with van der Waals surface area (Å²) in [7, 11) is 1.89. The molecule has 0 aromatic heterocycles. The van der Waals surface area contributed by atoms with Crippen LogP contribution < -0.4 is 5.73 Å². The summed E-state index contributed by atoms with van der Waals surface area (Å²) >= 11 is 0.152. The smallest absolute Gasteiger partial charge is 0.196 e. The Labute approximate surface area is 136 Å². The van der Waals surface area contributed by atoms with E-state index in [-0.39, 0.29) is 18.1 Å². The normalized spacial score (nSPS) is 29.9. The first-order valence-electron chi connectivity index (χ1n) is 7.45. The van der Waals surface area contributed by atoms with Gasteiger partial charge in [0, 0.05) is 23.6 Å². The number of aliphatic imine (C=N–C) groups is 1. The summed E-state index contributed by atoms with van der Waals surface area (Å²) in [4.78, 5) is 6.98. The van der Waals surface area contributed by atoms with Gasteiger partial charge in [0.05, 0.1) is 17.7 Å². The van der Waals surface area contributed by atoms with Gasteiger partial charge in [0.2, 0.25) is 0 Å². The SMILES string of the molecule is C=C(/C=C(\C=C/C)[C@@]1(C)N=C(N)N(C)C(=C)C1C1CC1)SF. The van der Waals surface area contributed by atoms with E-state index >= 15 is 0 Å². The zero-order valence-corrected chi connectivity index (χ0v) is 14.3. The predicted octanol–water partition coefficient (Wildman–Crippen LogP) is 4.18. The molecule has 5 heteroatoms. The summed E-state index contributed by atoms with van der Waals surface area (Å²) in [6, 6.07) is 0. The minimum Gasteiger partial charge on any atom is -0.370 e. The quantitative estimate of drug-likeness (QED) is 0.772. The summed E-state index contributed by atoms with van der Waals surface area (Å²) < 4.78 is 12.8. The van der Waals surface area contributed by atoms with Crippen LogP contribution in [0.1, 0.15) is 26.7 Å². The van der Waals surface area contributed by atoms with Crippen molar-refractivity contribution in [1.82, 2.24) is 4.90 Å². The second-order valence-electron chi connectivity index (χ2n) is 6.13. The topological polar surface area (TPSA) is 41.6 Å². The molecule has 2 N–H and O–H groups in total. The first-order chi connectivity index (χ1) is 10.3. The monoisotopic (exact) mass is 321 g/mol. The third-order valence-electron chi connectivity index (χ3n) is 4.53. The maximum Gasteiger partial charge on any atom is 0.196 e. The first-order valence-corrected chi connectivity index (χ1v) is 8.17. The Morgan fingerprint density at radius 2 is 2.18 bits per heavy atom. The Hall–Kier alpha value is -1.49. The fourth-order valence-corrected chi connectivity index (χ4v) is 3.38. The Bertz CT molecular complexity index is 574. The standard InChI is InChI=1S/C17H24FN3S/c1-6-7-14(10-11(2)22-18)17(4)15(13-8-9-13)12(3)21(5)16(19)20-17/h6-7,10,13,15H,2-3,8-9H2,1,4-5H3,(H2,19,20)/b7-6-,14-10+/t15?,17-/m1/s1. The van der Waals surface area contributed by atoms with Gasteiger partial charge in [-0.15, -0.1) is 0 Å². The van der Waals surface area contributed by atoms with Gasteiger partial charge in [-0.1, -0.05) is 25.3 Å². The van der Waals surface area contributed by atoms with Crippen molar-refractivity contribution in [2.24, 2.45) is 22.6 Å². The van der Waals surface area contributed by atoms with Crippen LogP contribution in [-0.4, -0.2) is 23.4 Å². The second-order valence-corrected chi connectivity index (χ2v) is 6.80. The number of halogens is 1. The molecule has 1 unspecified atom stereocenters. The highest BCUT2D eigenvalue weighted by Gasteiger charge is 2.50. The van der Waals surface area contributed by atoms with Gasteiger partial charge in [0.15, 0.2) is 5.96 Å². The van der Waals surface area contributed by atoms with E-state index in [0.29, 0.717) is 16.8 Å². The van der Waals surface area contributed by atoms with Gasteiger partial charge in [-0.3, -0.25) is 0 Å². The lowest BCUT2D eigenvalue weighted by atomic mass is 9.73. The average Bonchev–Trinajstić information content (AvgIpc) is 3.29. The second kappa shape index (κ2) is 6.32. The molecule has 1 aliphatic carbocycles. The number of guanidine groups is 1. The number of nitrogens with zero attached hydrogens (tertiary/aromatic N) is 2. The van der Waals surface area contributed by atoms with Gasteiger partial charge in [-0.2, -0.15) is 3.89 Å². The van der Waals surface area contributed by atoms with Crippen molar-refractivity contribution in [1.29, 1.82) is 0 Å². The fourth-order valence-electron chi connectivity index (χ4n) is 3.21. The van der Waals surface area contributed by atoms with Crippen molar-refractivity contribution < 1.29 is 3.89 Å². The van der Waals surface area contributed by atoms with Crippen LogP contribution in [0.3, 0.4) is 0 Å². The summed E-state index contributed by atoms with van der Waals surface area (Å²) in [6.45, 7) is 12.0. The van der Waals surface area contributed by atoms with Gasteiger partial charge >= 0.3 is 0 Å². The maximum absolute atomic E-state index is 12.8. The Morgan fingerprint density at radius 3 is 2.68 bits per heavy atom. The van der Waals surface area contributed by atoms with Gasteiger partial charge in [0.1, 0.15) is 0 Å². The molecule has 0 aromatic carbocycles. The number of hydrogen-bond donors (Lipinski definition) is 1. The fraction of sp³-hybridized carbons (Fsp3) is 0.471. The molecule has 0 saturated heterocycles. The molecule has 1 fully saturated rings. The van der Waals surface area contributed by atoms with E-state index in [9.17, 15) is 3.89 Å². The Kier molecular flexibility index (Phi) is 4.85. The molecule has 1 aliphatic heterocycles. The lowest BCUT2D eigenvalue weighted by molar-refractivity contribution is 0.288. The van der Waals surface area contributed by atoms with Crippen molar-refractivity contribution in [2.45, 2.75) is 32.2 Å². The highest BCUT2D eigenvalue weighted by Crippen LogP contribution is 2.51. The van der Waals surface area contributed by atoms with E-state index in [2.05, 4.69) is 20.1 Å². The third-order valence-corrected chi connectivity index (χ3v) is 4.84. The van der Waals surface area contributed by atoms with E-state index in [1.807, 2.05) is 31.0 Å². The molecule has 0 bridgehead atoms. The molecular weight excluding hydrogens is 297 g/mol. The maximum atomic E-state index is 12.8. The lowest BCUT2D eigenvalue weighted by Gasteiger charge is -2.44. The van der Waals surface area contributed by atoms with E-state index in [1.165, 1.54) is 12.8 Å². The molecule has 3 nitrogen and oxygen atoms in total. The predicted molar refractivity (Wildman–Crippen MR) is 93.9 cm³/mol. The number of rotatable bonds is 5. The van der Waals surface area contributed by atoms with Crippen LogP contribution in [0.5, 0.6) is 0 Å². The lowest BCUT2D eigenvalue weighted by Crippen LogP contribution is -2.51. The highest BCUT2D eigenvalue weighted by molar-refractivity contribution is 7.98. The van der Waals surface area contributed by atoms with Crippen molar-refractivity contribution in [3.05, 3.63) is 47.6 Å². The molecule has 120 valence electrons. The van der Waals surface area contributed by atoms with Crippen LogP contribution in [0.15, 0.2) is 52.6 Å². The summed E-state index contributed by atoms with van der Waals surface area (Å²) in [6.07, 6.45) is 8.00. The molecule has 22 heavy (non-hydrogen) atoms. The molecule has 1 saturated carbocycles. The molecule has 0 amide bonds. The summed E-state index contributed by atoms with van der Waals surface area (Å²) in [5.41, 5.74) is 7.44. The Morgan fingerprint density at radius 1 is 1.55 bits per heavy atom. The highest BCUT2D eigenvalue weighted by atomic mass is 32.2. The number of allylic oxidation sites excluding steroid dienone is 2. The molecule has 2 aliphatic rings. The number of hydrogen-bond acceptors (Lipinski definition) is 4. The van der Waals surface area contributed by atoms with Crippen LogP contribution in [-0.2, 0) is 0 Å². The van der Waals surface area contributed by atoms with Crippen LogP contribution in [0, 0.1) is 11.8 Å². The molecule has 1 heterocycles. The van der Waals surface area contributed by atoms with E-state index < -0.39 is 5.54 Å². The van der Waals surface area contributed by atoms with Crippen molar-refractivity contribution in [3.8, 4) is 0 Å². The Balaban J connectivity index is 2.56. The molecule has 2 atom stereocenters. The van der Waals surface area contributed by atoms with Gasteiger partial charge in [-0.05, 0) is 44.3 Å². The molecule has 0 spiro atoms. The first kappa shape index (κ1) is 16.9. The van der Waals surface area contributed by atoms with Crippen molar-refractivity contribution in [2.75, 3.05) is 7.05 Å². The van der Waals surface area contributed by atoms with Crippen LogP contribution in [0.4, 0.5) is 3.89 Å². The minimum absolute atomic E-state index is 0.152. The van der Waals surface area contributed by atoms with Crippen molar-refractivity contribution in [3.63, 3.8) is 0 Å². The van der Waals surface area contributed by atoms with Gasteiger partial charge in [0.25, 0.3) is 0 Å². The zero-order valence-electron chi connectivity index (χ0n) is 13.5. The zero-order chi connectivity index (χ0) is 16.5. The number of nitrogens with two attached hydrogens (primary N) is 1. The van der Waals surface area contributed by atoms with Gasteiger partial charge < -0.3 is 10.6 Å². The molecule has 0 aromatic rings. The van der Waals surface area contributed by atoms with Crippen LogP contribution in [0.2, 0.25) is 0 Å². The largest absolute Gasteiger partial charge is 0.370 e. The van der Waals surface area contributed by atoms with E-state index in [1.54, 1.807) is 6.08 Å². The third kappa shape index (κ3) is 3.00. The van der Waals surface area contributed by atoms with E-state index in [0.717, 1.165) is 11.3 Å². The average molecular weight is 321 g/mol. The van der Waals surface area contributed by atoms with Crippen LogP contribution >= 0.6 is 12.1 Å². The molecule has 0 radical (unpaired) electrons. The van der Waals surface area contributed by atoms with Gasteiger partial charge in [-0.25, -0.2) is 4.99 Å². The molecular formula is C17H24FN3S. The van der Waals surface area contributed by atoms with E-state index in [4.69, 9.17) is 10.7 Å². The summed E-state index contributed by atoms with van der Waals surface area (Å²) in [5, 5.41) is 0. The van der Waals surface area contributed by atoms with Crippen molar-refractivity contribution >= 4 is 18.1 Å². The molecule has 2 rings (SSSR count). The van der Waals surface area contributed by atoms with Crippen LogP contribution in [0.25, 0.3) is 0 Å². The minimum atomic E-state index is -0.542.